The van der Waals surface area contributed by atoms with Gasteiger partial charge in [-0.1, -0.05) is 17.7 Å². The third-order valence-corrected chi connectivity index (χ3v) is 5.98. The van der Waals surface area contributed by atoms with Crippen molar-refractivity contribution in [2.75, 3.05) is 24.7 Å². The topological polar surface area (TPSA) is 115 Å². The highest BCUT2D eigenvalue weighted by atomic mass is 35.5. The quantitative estimate of drug-likeness (QED) is 0.513. The SMILES string of the molecule is CN(Cc1ccc(C(F)(F)F)cc1Cl)C(=O)C(=O)Nc1cnc(N)c2cn(C3CCCCO3)nc12. The molecule has 35 heavy (non-hydrogen) atoms. The van der Waals surface area contributed by atoms with Crippen molar-refractivity contribution >= 4 is 45.8 Å². The lowest BCUT2D eigenvalue weighted by atomic mass is 10.1. The largest absolute Gasteiger partial charge is 0.416 e. The van der Waals surface area contributed by atoms with E-state index in [2.05, 4.69) is 15.4 Å². The van der Waals surface area contributed by atoms with Crippen LogP contribution in [0.5, 0.6) is 0 Å². The number of nitrogens with zero attached hydrogens (tertiary/aromatic N) is 4. The van der Waals surface area contributed by atoms with Crippen molar-refractivity contribution in [1.82, 2.24) is 19.7 Å². The first-order valence-corrected chi connectivity index (χ1v) is 11.1. The Morgan fingerprint density at radius 2 is 2.11 bits per heavy atom. The van der Waals surface area contributed by atoms with E-state index in [4.69, 9.17) is 22.1 Å². The minimum absolute atomic E-state index is 0.167. The number of aromatic nitrogens is 3. The average Bonchev–Trinajstić information content (AvgIpc) is 3.28. The number of carbonyl (C=O) groups excluding carboxylic acids is 2. The number of nitrogens with two attached hydrogens (primary N) is 1. The monoisotopic (exact) mass is 510 g/mol. The molecule has 4 rings (SSSR count). The number of benzene rings is 1. The summed E-state index contributed by atoms with van der Waals surface area (Å²) in [6, 6.07) is 2.81. The molecule has 3 N–H and O–H groups in total. The van der Waals surface area contributed by atoms with Gasteiger partial charge in [0.25, 0.3) is 0 Å². The fourth-order valence-electron chi connectivity index (χ4n) is 3.74. The first kappa shape index (κ1) is 24.7. The maximum absolute atomic E-state index is 12.8. The third kappa shape index (κ3) is 5.33. The number of halogens is 4. The molecule has 1 unspecified atom stereocenters. The van der Waals surface area contributed by atoms with Gasteiger partial charge < -0.3 is 20.7 Å². The smallest absolute Gasteiger partial charge is 0.383 e. The maximum atomic E-state index is 12.8. The van der Waals surface area contributed by atoms with Crippen LogP contribution >= 0.6 is 11.6 Å². The molecular formula is C22H22ClF3N6O3. The molecule has 1 saturated heterocycles. The van der Waals surface area contributed by atoms with Crippen LogP contribution in [0.1, 0.15) is 36.6 Å². The van der Waals surface area contributed by atoms with E-state index in [-0.39, 0.29) is 34.9 Å². The first-order chi connectivity index (χ1) is 16.5. The lowest BCUT2D eigenvalue weighted by Crippen LogP contribution is -2.36. The van der Waals surface area contributed by atoms with E-state index >= 15 is 0 Å². The molecule has 1 aliphatic rings. The van der Waals surface area contributed by atoms with Gasteiger partial charge in [-0.05, 0) is 37.0 Å². The predicted molar refractivity (Wildman–Crippen MR) is 122 cm³/mol. The average molecular weight is 511 g/mol. The summed E-state index contributed by atoms with van der Waals surface area (Å²) in [5, 5.41) is 7.30. The molecular weight excluding hydrogens is 489 g/mol. The number of hydrogen-bond acceptors (Lipinski definition) is 6. The summed E-state index contributed by atoms with van der Waals surface area (Å²) in [6.45, 7) is 0.439. The number of fused-ring (bicyclic) bond motifs is 1. The Kier molecular flexibility index (Phi) is 6.86. The lowest BCUT2D eigenvalue weighted by molar-refractivity contribution is -0.142. The Labute approximate surface area is 203 Å². The van der Waals surface area contributed by atoms with Crippen molar-refractivity contribution in [2.45, 2.75) is 38.2 Å². The minimum Gasteiger partial charge on any atom is -0.383 e. The highest BCUT2D eigenvalue weighted by Crippen LogP contribution is 2.33. The van der Waals surface area contributed by atoms with Crippen molar-refractivity contribution in [3.05, 3.63) is 46.7 Å². The Morgan fingerprint density at radius 3 is 2.77 bits per heavy atom. The molecule has 1 aromatic carbocycles. The second kappa shape index (κ2) is 9.70. The number of pyridine rings is 1. The van der Waals surface area contributed by atoms with Crippen LogP contribution in [0.3, 0.4) is 0 Å². The number of nitrogen functional groups attached to an aromatic ring is 1. The van der Waals surface area contributed by atoms with Crippen molar-refractivity contribution < 1.29 is 27.5 Å². The lowest BCUT2D eigenvalue weighted by Gasteiger charge is -2.22. The van der Waals surface area contributed by atoms with Gasteiger partial charge in [0.15, 0.2) is 0 Å². The second-order valence-corrected chi connectivity index (χ2v) is 8.58. The highest BCUT2D eigenvalue weighted by Gasteiger charge is 2.31. The summed E-state index contributed by atoms with van der Waals surface area (Å²) in [5.74, 6) is -1.70. The van der Waals surface area contributed by atoms with E-state index in [1.165, 1.54) is 19.3 Å². The molecule has 2 aromatic heterocycles. The number of alkyl halides is 3. The van der Waals surface area contributed by atoms with Gasteiger partial charge in [-0.15, -0.1) is 0 Å². The molecule has 186 valence electrons. The Hall–Kier alpha value is -3.38. The van der Waals surface area contributed by atoms with E-state index in [0.717, 1.165) is 36.3 Å². The van der Waals surface area contributed by atoms with Crippen LogP contribution in [0.4, 0.5) is 24.7 Å². The molecule has 13 heteroatoms. The van der Waals surface area contributed by atoms with Crippen LogP contribution in [0.25, 0.3) is 10.9 Å². The first-order valence-electron chi connectivity index (χ1n) is 10.7. The summed E-state index contributed by atoms with van der Waals surface area (Å²) in [5.41, 5.74) is 5.85. The molecule has 0 saturated carbocycles. The van der Waals surface area contributed by atoms with Crippen molar-refractivity contribution in [3.8, 4) is 0 Å². The summed E-state index contributed by atoms with van der Waals surface area (Å²) in [4.78, 5) is 30.4. The number of hydrogen-bond donors (Lipinski definition) is 2. The molecule has 1 aliphatic heterocycles. The molecule has 0 spiro atoms. The molecule has 0 aliphatic carbocycles. The summed E-state index contributed by atoms with van der Waals surface area (Å²) in [6.07, 6.45) is 0.910. The number of anilines is 2. The fraction of sp³-hybridized carbons (Fsp3) is 0.364. The second-order valence-electron chi connectivity index (χ2n) is 8.17. The van der Waals surface area contributed by atoms with Gasteiger partial charge in [-0.25, -0.2) is 9.67 Å². The van der Waals surface area contributed by atoms with Gasteiger partial charge in [0.2, 0.25) is 0 Å². The van der Waals surface area contributed by atoms with E-state index in [1.54, 1.807) is 10.9 Å². The maximum Gasteiger partial charge on any atom is 0.416 e. The molecule has 1 fully saturated rings. The zero-order chi connectivity index (χ0) is 25.3. The van der Waals surface area contributed by atoms with E-state index in [0.29, 0.717) is 17.5 Å². The molecule has 1 atom stereocenters. The van der Waals surface area contributed by atoms with Gasteiger partial charge in [0, 0.05) is 31.4 Å². The van der Waals surface area contributed by atoms with E-state index in [1.807, 2.05) is 0 Å². The number of ether oxygens (including phenoxy) is 1. The number of likely N-dealkylation sites (N-methyl/N-ethyl adjacent to an activating group) is 1. The Balaban J connectivity index is 1.49. The highest BCUT2D eigenvalue weighted by molar-refractivity contribution is 6.40. The van der Waals surface area contributed by atoms with Crippen molar-refractivity contribution in [1.29, 1.82) is 0 Å². The van der Waals surface area contributed by atoms with Gasteiger partial charge in [0.1, 0.15) is 17.6 Å². The third-order valence-electron chi connectivity index (χ3n) is 5.62. The zero-order valence-electron chi connectivity index (χ0n) is 18.6. The number of rotatable bonds is 4. The van der Waals surface area contributed by atoms with Gasteiger partial charge in [-0.2, -0.15) is 18.3 Å². The van der Waals surface area contributed by atoms with Crippen molar-refractivity contribution in [3.63, 3.8) is 0 Å². The summed E-state index contributed by atoms with van der Waals surface area (Å²) < 4.78 is 45.9. The Morgan fingerprint density at radius 1 is 1.34 bits per heavy atom. The number of amides is 2. The van der Waals surface area contributed by atoms with Gasteiger partial charge in [0.05, 0.1) is 22.8 Å². The number of nitrogens with one attached hydrogen (secondary N) is 1. The molecule has 3 aromatic rings. The summed E-state index contributed by atoms with van der Waals surface area (Å²) in [7, 11) is 1.34. The van der Waals surface area contributed by atoms with Crippen molar-refractivity contribution in [2.24, 2.45) is 0 Å². The van der Waals surface area contributed by atoms with Gasteiger partial charge in [-0.3, -0.25) is 9.59 Å². The zero-order valence-corrected chi connectivity index (χ0v) is 19.4. The van der Waals surface area contributed by atoms with Crippen LogP contribution < -0.4 is 11.1 Å². The molecule has 2 amide bonds. The summed E-state index contributed by atoms with van der Waals surface area (Å²) >= 11 is 5.96. The number of carbonyl (C=O) groups is 2. The van der Waals surface area contributed by atoms with E-state index in [9.17, 15) is 22.8 Å². The molecule has 9 nitrogen and oxygen atoms in total. The van der Waals surface area contributed by atoms with Crippen LogP contribution in [-0.2, 0) is 27.0 Å². The van der Waals surface area contributed by atoms with Crippen LogP contribution in [-0.4, -0.2) is 45.1 Å². The fourth-order valence-corrected chi connectivity index (χ4v) is 3.98. The van der Waals surface area contributed by atoms with Crippen LogP contribution in [0, 0.1) is 0 Å². The normalized spacial score (nSPS) is 16.3. The molecule has 3 heterocycles. The molecule has 0 bridgehead atoms. The molecule has 0 radical (unpaired) electrons. The van der Waals surface area contributed by atoms with Gasteiger partial charge >= 0.3 is 18.0 Å². The Bertz CT molecular complexity index is 1270. The minimum atomic E-state index is -4.54. The standard InChI is InChI=1S/C22H22ClF3N6O3/c1-31(10-12-5-6-13(8-15(12)23)22(24,25)26)21(34)20(33)29-16-9-28-19(27)14-11-32(30-18(14)16)17-4-2-3-7-35-17/h5-6,8-9,11,17H,2-4,7,10H2,1H3,(H2,27,28)(H,29,33). The van der Waals surface area contributed by atoms with E-state index < -0.39 is 23.6 Å². The van der Waals surface area contributed by atoms with Crippen LogP contribution in [0.15, 0.2) is 30.6 Å². The van der Waals surface area contributed by atoms with Crippen LogP contribution in [0.2, 0.25) is 5.02 Å². The predicted octanol–water partition coefficient (Wildman–Crippen LogP) is 3.98.